The SMILES string of the molecule is C=C/C(=C/OCC)CCCCC. The van der Waals surface area contributed by atoms with Crippen LogP contribution >= 0.6 is 0 Å². The molecule has 0 heterocycles. The summed E-state index contributed by atoms with van der Waals surface area (Å²) in [5.41, 5.74) is 1.21. The van der Waals surface area contributed by atoms with Crippen molar-refractivity contribution in [3.63, 3.8) is 0 Å². The van der Waals surface area contributed by atoms with Crippen molar-refractivity contribution in [1.82, 2.24) is 0 Å². The summed E-state index contributed by atoms with van der Waals surface area (Å²) in [5, 5.41) is 0. The van der Waals surface area contributed by atoms with E-state index in [0.29, 0.717) is 0 Å². The van der Waals surface area contributed by atoms with Gasteiger partial charge in [-0.25, -0.2) is 0 Å². The molecule has 0 atom stereocenters. The lowest BCUT2D eigenvalue weighted by atomic mass is 10.1. The van der Waals surface area contributed by atoms with Crippen LogP contribution in [0.1, 0.15) is 39.5 Å². The second kappa shape index (κ2) is 8.38. The van der Waals surface area contributed by atoms with E-state index in [2.05, 4.69) is 13.5 Å². The van der Waals surface area contributed by atoms with Gasteiger partial charge in [0.25, 0.3) is 0 Å². The Kier molecular flexibility index (Phi) is 7.87. The zero-order valence-electron chi connectivity index (χ0n) is 8.31. The van der Waals surface area contributed by atoms with Gasteiger partial charge in [0.05, 0.1) is 12.9 Å². The summed E-state index contributed by atoms with van der Waals surface area (Å²) in [4.78, 5) is 0. The average Bonchev–Trinajstić information content (AvgIpc) is 2.11. The van der Waals surface area contributed by atoms with Crippen molar-refractivity contribution < 1.29 is 4.74 Å². The molecule has 0 fully saturated rings. The Labute approximate surface area is 76.1 Å². The maximum atomic E-state index is 5.18. The van der Waals surface area contributed by atoms with E-state index in [1.165, 1.54) is 24.8 Å². The molecule has 0 radical (unpaired) electrons. The summed E-state index contributed by atoms with van der Waals surface area (Å²) in [6.45, 7) is 8.68. The maximum Gasteiger partial charge on any atom is 0.0860 e. The van der Waals surface area contributed by atoms with Gasteiger partial charge in [0.1, 0.15) is 0 Å². The summed E-state index contributed by atoms with van der Waals surface area (Å²) in [5.74, 6) is 0. The molecule has 0 unspecified atom stereocenters. The van der Waals surface area contributed by atoms with E-state index < -0.39 is 0 Å². The molecule has 0 N–H and O–H groups in total. The summed E-state index contributed by atoms with van der Waals surface area (Å²) in [6.07, 6.45) is 8.59. The van der Waals surface area contributed by atoms with Crippen LogP contribution in [0.4, 0.5) is 0 Å². The van der Waals surface area contributed by atoms with Gasteiger partial charge in [0.15, 0.2) is 0 Å². The summed E-state index contributed by atoms with van der Waals surface area (Å²) >= 11 is 0. The molecule has 12 heavy (non-hydrogen) atoms. The smallest absolute Gasteiger partial charge is 0.0860 e. The lowest BCUT2D eigenvalue weighted by molar-refractivity contribution is 0.266. The van der Waals surface area contributed by atoms with Gasteiger partial charge < -0.3 is 4.74 Å². The molecule has 1 nitrogen and oxygen atoms in total. The highest BCUT2D eigenvalue weighted by Crippen LogP contribution is 2.09. The van der Waals surface area contributed by atoms with E-state index in [0.717, 1.165) is 13.0 Å². The van der Waals surface area contributed by atoms with Crippen LogP contribution in [0, 0.1) is 0 Å². The summed E-state index contributed by atoms with van der Waals surface area (Å²) in [7, 11) is 0. The number of unbranched alkanes of at least 4 members (excludes halogenated alkanes) is 2. The fourth-order valence-corrected chi connectivity index (χ4v) is 0.979. The van der Waals surface area contributed by atoms with Gasteiger partial charge in [0.2, 0.25) is 0 Å². The Morgan fingerprint density at radius 2 is 2.08 bits per heavy atom. The monoisotopic (exact) mass is 168 g/mol. The van der Waals surface area contributed by atoms with Crippen LogP contribution in [0.2, 0.25) is 0 Å². The molecule has 0 rings (SSSR count). The molecular formula is C11H20O. The number of hydrogen-bond acceptors (Lipinski definition) is 1. The van der Waals surface area contributed by atoms with Crippen molar-refractivity contribution in [2.24, 2.45) is 0 Å². The zero-order chi connectivity index (χ0) is 9.23. The lowest BCUT2D eigenvalue weighted by Crippen LogP contribution is -1.84. The molecule has 0 saturated carbocycles. The predicted octanol–water partition coefficient (Wildman–Crippen LogP) is 3.67. The topological polar surface area (TPSA) is 9.23 Å². The number of ether oxygens (including phenoxy) is 1. The van der Waals surface area contributed by atoms with E-state index in [-0.39, 0.29) is 0 Å². The quantitative estimate of drug-likeness (QED) is 0.320. The molecule has 0 amide bonds. The summed E-state index contributed by atoms with van der Waals surface area (Å²) in [6, 6.07) is 0. The molecule has 0 bridgehead atoms. The van der Waals surface area contributed by atoms with Crippen molar-refractivity contribution in [1.29, 1.82) is 0 Å². The second-order valence-electron chi connectivity index (χ2n) is 2.81. The minimum atomic E-state index is 0.741. The van der Waals surface area contributed by atoms with Gasteiger partial charge in [-0.2, -0.15) is 0 Å². The maximum absolute atomic E-state index is 5.18. The Hall–Kier alpha value is -0.720. The fourth-order valence-electron chi connectivity index (χ4n) is 0.979. The van der Waals surface area contributed by atoms with Crippen molar-refractivity contribution in [3.05, 3.63) is 24.5 Å². The van der Waals surface area contributed by atoms with E-state index in [4.69, 9.17) is 4.74 Å². The highest BCUT2D eigenvalue weighted by Gasteiger charge is 1.91. The van der Waals surface area contributed by atoms with Crippen LogP contribution in [0.3, 0.4) is 0 Å². The molecule has 0 aromatic rings. The Morgan fingerprint density at radius 1 is 1.33 bits per heavy atom. The van der Waals surface area contributed by atoms with Crippen LogP contribution in [0.15, 0.2) is 24.5 Å². The third-order valence-corrected chi connectivity index (χ3v) is 1.73. The molecule has 0 aliphatic rings. The van der Waals surface area contributed by atoms with Crippen LogP contribution in [0.5, 0.6) is 0 Å². The van der Waals surface area contributed by atoms with Crippen LogP contribution in [-0.4, -0.2) is 6.61 Å². The normalized spacial score (nSPS) is 11.3. The van der Waals surface area contributed by atoms with E-state index in [9.17, 15) is 0 Å². The molecule has 0 aliphatic heterocycles. The molecular weight excluding hydrogens is 148 g/mol. The van der Waals surface area contributed by atoms with Crippen LogP contribution < -0.4 is 0 Å². The average molecular weight is 168 g/mol. The standard InChI is InChI=1S/C11H20O/c1-4-7-8-9-11(5-2)10-12-6-3/h5,10H,2,4,6-9H2,1,3H3/b11-10-. The van der Waals surface area contributed by atoms with Gasteiger partial charge in [0, 0.05) is 0 Å². The molecule has 0 aromatic carbocycles. The third-order valence-electron chi connectivity index (χ3n) is 1.73. The molecule has 70 valence electrons. The Balaban J connectivity index is 3.59. The first-order chi connectivity index (χ1) is 5.85. The minimum Gasteiger partial charge on any atom is -0.501 e. The zero-order valence-corrected chi connectivity index (χ0v) is 8.31. The largest absolute Gasteiger partial charge is 0.501 e. The fraction of sp³-hybridized carbons (Fsp3) is 0.636. The first-order valence-corrected chi connectivity index (χ1v) is 4.78. The van der Waals surface area contributed by atoms with Crippen molar-refractivity contribution in [2.75, 3.05) is 6.61 Å². The predicted molar refractivity (Wildman–Crippen MR) is 54.0 cm³/mol. The van der Waals surface area contributed by atoms with E-state index in [1.54, 1.807) is 0 Å². The van der Waals surface area contributed by atoms with E-state index >= 15 is 0 Å². The minimum absolute atomic E-state index is 0.741. The van der Waals surface area contributed by atoms with Crippen molar-refractivity contribution in [2.45, 2.75) is 39.5 Å². The van der Waals surface area contributed by atoms with Gasteiger partial charge >= 0.3 is 0 Å². The Bertz CT molecular complexity index is 136. The molecule has 0 spiro atoms. The lowest BCUT2D eigenvalue weighted by Gasteiger charge is -2.01. The Morgan fingerprint density at radius 3 is 2.58 bits per heavy atom. The first-order valence-electron chi connectivity index (χ1n) is 4.78. The molecule has 1 heteroatoms. The number of rotatable bonds is 7. The highest BCUT2D eigenvalue weighted by molar-refractivity contribution is 5.13. The van der Waals surface area contributed by atoms with Crippen molar-refractivity contribution >= 4 is 0 Å². The van der Waals surface area contributed by atoms with Crippen LogP contribution in [0.25, 0.3) is 0 Å². The van der Waals surface area contributed by atoms with Gasteiger partial charge in [-0.15, -0.1) is 0 Å². The molecule has 0 aliphatic carbocycles. The van der Waals surface area contributed by atoms with Gasteiger partial charge in [-0.05, 0) is 25.3 Å². The number of hydrogen-bond donors (Lipinski definition) is 0. The summed E-state index contributed by atoms with van der Waals surface area (Å²) < 4.78 is 5.18. The van der Waals surface area contributed by atoms with Crippen molar-refractivity contribution in [3.8, 4) is 0 Å². The number of allylic oxidation sites excluding steroid dienone is 2. The van der Waals surface area contributed by atoms with Crippen LogP contribution in [-0.2, 0) is 4.74 Å². The second-order valence-corrected chi connectivity index (χ2v) is 2.81. The molecule has 0 saturated heterocycles. The first kappa shape index (κ1) is 11.3. The van der Waals surface area contributed by atoms with E-state index in [1.807, 2.05) is 19.3 Å². The van der Waals surface area contributed by atoms with Gasteiger partial charge in [-0.3, -0.25) is 0 Å². The van der Waals surface area contributed by atoms with Gasteiger partial charge in [-0.1, -0.05) is 32.4 Å². The highest BCUT2D eigenvalue weighted by atomic mass is 16.5. The third kappa shape index (κ3) is 6.02. The molecule has 0 aromatic heterocycles.